The minimum Gasteiger partial charge on any atom is -0.396 e. The first-order valence-electron chi connectivity index (χ1n) is 3.93. The van der Waals surface area contributed by atoms with Gasteiger partial charge in [0.2, 0.25) is 0 Å². The van der Waals surface area contributed by atoms with E-state index >= 15 is 0 Å². The van der Waals surface area contributed by atoms with Crippen LogP contribution in [0.3, 0.4) is 0 Å². The first-order chi connectivity index (χ1) is 6.24. The van der Waals surface area contributed by atoms with Crippen molar-refractivity contribution in [1.29, 1.82) is 0 Å². The van der Waals surface area contributed by atoms with Crippen LogP contribution in [0.25, 0.3) is 0 Å². The second-order valence-corrected chi connectivity index (χ2v) is 4.95. The number of rotatable bonds is 4. The highest BCUT2D eigenvalue weighted by Gasteiger charge is 2.05. The molecule has 0 aliphatic rings. The first-order valence-corrected chi connectivity index (χ1v) is 5.99. The minimum atomic E-state index is 0.231. The Morgan fingerprint density at radius 1 is 1.69 bits per heavy atom. The SMILES string of the molecule is CC(CO)CSc1ncncc1I. The molecule has 0 fully saturated rings. The van der Waals surface area contributed by atoms with E-state index in [9.17, 15) is 0 Å². The number of hydrogen-bond acceptors (Lipinski definition) is 4. The average molecular weight is 310 g/mol. The van der Waals surface area contributed by atoms with Crippen molar-refractivity contribution in [2.75, 3.05) is 12.4 Å². The molecular weight excluding hydrogens is 299 g/mol. The van der Waals surface area contributed by atoms with Crippen molar-refractivity contribution in [1.82, 2.24) is 9.97 Å². The summed E-state index contributed by atoms with van der Waals surface area (Å²) in [4.78, 5) is 8.06. The van der Waals surface area contributed by atoms with E-state index in [4.69, 9.17) is 5.11 Å². The van der Waals surface area contributed by atoms with Gasteiger partial charge in [-0.05, 0) is 28.5 Å². The summed E-state index contributed by atoms with van der Waals surface area (Å²) in [6.07, 6.45) is 3.34. The zero-order chi connectivity index (χ0) is 9.68. The second kappa shape index (κ2) is 5.77. The normalized spacial score (nSPS) is 12.8. The molecule has 72 valence electrons. The Labute approximate surface area is 95.5 Å². The first kappa shape index (κ1) is 11.2. The highest BCUT2D eigenvalue weighted by Crippen LogP contribution is 2.22. The maximum absolute atomic E-state index is 8.83. The molecule has 1 atom stereocenters. The van der Waals surface area contributed by atoms with Gasteiger partial charge in [0.25, 0.3) is 0 Å². The second-order valence-electron chi connectivity index (χ2n) is 2.77. The molecule has 0 saturated heterocycles. The van der Waals surface area contributed by atoms with E-state index in [2.05, 4.69) is 32.6 Å². The molecule has 0 aliphatic heterocycles. The summed E-state index contributed by atoms with van der Waals surface area (Å²) in [5.74, 6) is 1.21. The molecule has 3 nitrogen and oxygen atoms in total. The van der Waals surface area contributed by atoms with Gasteiger partial charge in [-0.15, -0.1) is 11.8 Å². The fourth-order valence-corrected chi connectivity index (χ4v) is 2.31. The minimum absolute atomic E-state index is 0.231. The van der Waals surface area contributed by atoms with Crippen LogP contribution >= 0.6 is 34.4 Å². The van der Waals surface area contributed by atoms with Crippen molar-refractivity contribution < 1.29 is 5.11 Å². The van der Waals surface area contributed by atoms with Crippen molar-refractivity contribution in [3.05, 3.63) is 16.1 Å². The van der Waals surface area contributed by atoms with Gasteiger partial charge in [0.05, 0.1) is 3.57 Å². The number of thioether (sulfide) groups is 1. The fraction of sp³-hybridized carbons (Fsp3) is 0.500. The third-order valence-corrected chi connectivity index (χ3v) is 3.94. The fourth-order valence-electron chi connectivity index (χ4n) is 0.682. The number of aromatic nitrogens is 2. The Balaban J connectivity index is 2.50. The van der Waals surface area contributed by atoms with Crippen LogP contribution in [0.5, 0.6) is 0 Å². The molecule has 1 heterocycles. The third-order valence-electron chi connectivity index (χ3n) is 1.45. The summed E-state index contributed by atoms with van der Waals surface area (Å²) in [7, 11) is 0. The predicted octanol–water partition coefficient (Wildman–Crippen LogP) is 1.80. The van der Waals surface area contributed by atoms with Crippen molar-refractivity contribution in [3.63, 3.8) is 0 Å². The molecule has 0 aliphatic carbocycles. The van der Waals surface area contributed by atoms with Crippen LogP contribution in [0.4, 0.5) is 0 Å². The van der Waals surface area contributed by atoms with Crippen LogP contribution in [0.1, 0.15) is 6.92 Å². The largest absolute Gasteiger partial charge is 0.396 e. The van der Waals surface area contributed by atoms with Gasteiger partial charge in [-0.25, -0.2) is 9.97 Å². The van der Waals surface area contributed by atoms with Crippen molar-refractivity contribution in [3.8, 4) is 0 Å². The molecule has 1 unspecified atom stereocenters. The van der Waals surface area contributed by atoms with E-state index in [1.54, 1.807) is 24.3 Å². The maximum Gasteiger partial charge on any atom is 0.116 e. The van der Waals surface area contributed by atoms with Gasteiger partial charge < -0.3 is 5.11 Å². The smallest absolute Gasteiger partial charge is 0.116 e. The Morgan fingerprint density at radius 3 is 3.08 bits per heavy atom. The van der Waals surface area contributed by atoms with Crippen molar-refractivity contribution in [2.24, 2.45) is 5.92 Å². The monoisotopic (exact) mass is 310 g/mol. The van der Waals surface area contributed by atoms with Crippen LogP contribution in [0.15, 0.2) is 17.6 Å². The van der Waals surface area contributed by atoms with E-state index in [-0.39, 0.29) is 6.61 Å². The summed E-state index contributed by atoms with van der Waals surface area (Å²) in [5, 5.41) is 9.83. The van der Waals surface area contributed by atoms with Gasteiger partial charge in [-0.1, -0.05) is 6.92 Å². The van der Waals surface area contributed by atoms with Gasteiger partial charge in [0.15, 0.2) is 0 Å². The summed E-state index contributed by atoms with van der Waals surface area (Å²) in [5.41, 5.74) is 0. The Morgan fingerprint density at radius 2 is 2.46 bits per heavy atom. The molecule has 1 rings (SSSR count). The highest BCUT2D eigenvalue weighted by molar-refractivity contribution is 14.1. The van der Waals surface area contributed by atoms with Gasteiger partial charge in [-0.2, -0.15) is 0 Å². The topological polar surface area (TPSA) is 46.0 Å². The van der Waals surface area contributed by atoms with E-state index in [1.807, 2.05) is 6.92 Å². The van der Waals surface area contributed by atoms with Crippen LogP contribution in [0.2, 0.25) is 0 Å². The van der Waals surface area contributed by atoms with Crippen LogP contribution < -0.4 is 0 Å². The molecule has 13 heavy (non-hydrogen) atoms. The molecule has 5 heteroatoms. The molecular formula is C8H11IN2OS. The zero-order valence-electron chi connectivity index (χ0n) is 7.27. The summed E-state index contributed by atoms with van der Waals surface area (Å²) in [6, 6.07) is 0. The highest BCUT2D eigenvalue weighted by atomic mass is 127. The standard InChI is InChI=1S/C8H11IN2OS/c1-6(3-12)4-13-8-7(9)2-10-5-11-8/h2,5-6,12H,3-4H2,1H3. The number of aliphatic hydroxyl groups excluding tert-OH is 1. The third kappa shape index (κ3) is 3.78. The van der Waals surface area contributed by atoms with Gasteiger partial charge in [-0.3, -0.25) is 0 Å². The Kier molecular flexibility index (Phi) is 4.97. The quantitative estimate of drug-likeness (QED) is 0.523. The van der Waals surface area contributed by atoms with Crippen molar-refractivity contribution >= 4 is 34.4 Å². The van der Waals surface area contributed by atoms with Crippen LogP contribution in [-0.2, 0) is 0 Å². The molecule has 1 aromatic rings. The lowest BCUT2D eigenvalue weighted by Crippen LogP contribution is -2.03. The van der Waals surface area contributed by atoms with Gasteiger partial charge in [0, 0.05) is 18.6 Å². The zero-order valence-corrected chi connectivity index (χ0v) is 10.2. The summed E-state index contributed by atoms with van der Waals surface area (Å²) < 4.78 is 1.07. The van der Waals surface area contributed by atoms with E-state index in [0.29, 0.717) is 5.92 Å². The predicted molar refractivity (Wildman–Crippen MR) is 61.7 cm³/mol. The van der Waals surface area contributed by atoms with Crippen LogP contribution in [-0.4, -0.2) is 27.4 Å². The molecule has 0 aromatic carbocycles. The van der Waals surface area contributed by atoms with E-state index in [0.717, 1.165) is 14.3 Å². The van der Waals surface area contributed by atoms with Crippen molar-refractivity contribution in [2.45, 2.75) is 11.9 Å². The Bertz CT molecular complexity index is 272. The molecule has 0 bridgehead atoms. The number of halogens is 1. The lowest BCUT2D eigenvalue weighted by molar-refractivity contribution is 0.250. The van der Waals surface area contributed by atoms with E-state index < -0.39 is 0 Å². The lowest BCUT2D eigenvalue weighted by Gasteiger charge is -2.06. The molecule has 0 amide bonds. The summed E-state index contributed by atoms with van der Waals surface area (Å²) in [6.45, 7) is 2.25. The molecule has 0 saturated carbocycles. The number of aliphatic hydroxyl groups is 1. The summed E-state index contributed by atoms with van der Waals surface area (Å²) >= 11 is 3.87. The van der Waals surface area contributed by atoms with E-state index in [1.165, 1.54) is 0 Å². The average Bonchev–Trinajstić information content (AvgIpc) is 2.16. The molecule has 1 aromatic heterocycles. The molecule has 0 spiro atoms. The van der Waals surface area contributed by atoms with Crippen LogP contribution in [0, 0.1) is 9.49 Å². The molecule has 0 radical (unpaired) electrons. The lowest BCUT2D eigenvalue weighted by atomic mass is 10.2. The number of hydrogen-bond donors (Lipinski definition) is 1. The van der Waals surface area contributed by atoms with Gasteiger partial charge >= 0.3 is 0 Å². The maximum atomic E-state index is 8.83. The number of nitrogens with zero attached hydrogens (tertiary/aromatic N) is 2. The van der Waals surface area contributed by atoms with Gasteiger partial charge in [0.1, 0.15) is 11.4 Å². The Hall–Kier alpha value is 0.120. The molecule has 1 N–H and O–H groups in total.